The summed E-state index contributed by atoms with van der Waals surface area (Å²) in [4.78, 5) is 0. The van der Waals surface area contributed by atoms with Crippen molar-refractivity contribution in [1.82, 2.24) is 0 Å². The monoisotopic (exact) mass is 288 g/mol. The molecule has 0 fully saturated rings. The average Bonchev–Trinajstić information content (AvgIpc) is 2.61. The molecule has 2 atom stereocenters. The minimum Gasteiger partial charge on any atom is -0.195 e. The fourth-order valence-electron chi connectivity index (χ4n) is 2.01. The van der Waals surface area contributed by atoms with Crippen molar-refractivity contribution in [3.05, 3.63) is 71.8 Å². The molecule has 0 aromatic heterocycles. The Morgan fingerprint density at radius 2 is 1.00 bits per heavy atom. The molecule has 0 amide bonds. The smallest absolute Gasteiger partial charge is 0.189 e. The van der Waals surface area contributed by atoms with E-state index in [1.165, 1.54) is 0 Å². The van der Waals surface area contributed by atoms with Gasteiger partial charge in [-0.3, -0.25) is 0 Å². The van der Waals surface area contributed by atoms with Crippen molar-refractivity contribution in [1.29, 1.82) is 10.5 Å². The first kappa shape index (κ1) is 15.4. The molecule has 108 valence electrons. The van der Waals surface area contributed by atoms with Crippen LogP contribution in [0, 0.1) is 22.7 Å². The third-order valence-corrected chi connectivity index (χ3v) is 3.56. The molecule has 0 bridgehead atoms. The maximum atomic E-state index is 9.49. The fraction of sp³-hybridized carbons (Fsp3) is 0.222. The Bertz CT molecular complexity index is 675. The van der Waals surface area contributed by atoms with E-state index in [0.29, 0.717) is 0 Å². The van der Waals surface area contributed by atoms with E-state index in [-0.39, 0.29) is 0 Å². The van der Waals surface area contributed by atoms with E-state index in [1.54, 1.807) is 13.8 Å². The summed E-state index contributed by atoms with van der Waals surface area (Å²) in [6, 6.07) is 22.8. The summed E-state index contributed by atoms with van der Waals surface area (Å²) < 4.78 is 0. The topological polar surface area (TPSA) is 72.3 Å². The van der Waals surface area contributed by atoms with Gasteiger partial charge in [0.2, 0.25) is 0 Å². The molecule has 0 aliphatic carbocycles. The maximum Gasteiger partial charge on any atom is 0.189 e. The number of hydrogen-bond donors (Lipinski definition) is 0. The molecular formula is C18H16N4. The summed E-state index contributed by atoms with van der Waals surface area (Å²) in [5.74, 6) is 0. The van der Waals surface area contributed by atoms with Crippen LogP contribution < -0.4 is 0 Å². The van der Waals surface area contributed by atoms with Crippen molar-refractivity contribution >= 4 is 0 Å². The van der Waals surface area contributed by atoms with Crippen molar-refractivity contribution in [3.63, 3.8) is 0 Å². The number of azo groups is 1. The summed E-state index contributed by atoms with van der Waals surface area (Å²) in [6.07, 6.45) is 0. The normalized spacial score (nSPS) is 16.2. The molecule has 0 saturated carbocycles. The molecule has 4 heteroatoms. The number of nitrogens with zero attached hydrogens (tertiary/aromatic N) is 4. The van der Waals surface area contributed by atoms with Gasteiger partial charge in [0.05, 0.1) is 12.1 Å². The van der Waals surface area contributed by atoms with Crippen molar-refractivity contribution in [2.24, 2.45) is 10.2 Å². The SMILES string of the molecule is CC(C#N)(/N=N/C(C)(C#N)c1ccccc1)c1ccccc1. The van der Waals surface area contributed by atoms with Crippen LogP contribution in [0.3, 0.4) is 0 Å². The average molecular weight is 288 g/mol. The van der Waals surface area contributed by atoms with Gasteiger partial charge in [-0.05, 0) is 25.0 Å². The first-order valence-electron chi connectivity index (χ1n) is 6.92. The van der Waals surface area contributed by atoms with Crippen LogP contribution in [-0.4, -0.2) is 0 Å². The summed E-state index contributed by atoms with van der Waals surface area (Å²) in [6.45, 7) is 3.38. The van der Waals surface area contributed by atoms with E-state index >= 15 is 0 Å². The molecule has 0 aliphatic rings. The van der Waals surface area contributed by atoms with Crippen molar-refractivity contribution in [3.8, 4) is 12.1 Å². The summed E-state index contributed by atoms with van der Waals surface area (Å²) >= 11 is 0. The number of nitriles is 2. The van der Waals surface area contributed by atoms with Gasteiger partial charge in [-0.25, -0.2) is 0 Å². The highest BCUT2D eigenvalue weighted by molar-refractivity contribution is 5.32. The zero-order chi connectivity index (χ0) is 16.1. The molecule has 2 aromatic rings. The van der Waals surface area contributed by atoms with Gasteiger partial charge in [0.1, 0.15) is 0 Å². The Hall–Kier alpha value is -2.98. The number of rotatable bonds is 4. The molecule has 0 heterocycles. The third kappa shape index (κ3) is 3.02. The molecule has 2 unspecified atom stereocenters. The lowest BCUT2D eigenvalue weighted by Crippen LogP contribution is -2.20. The van der Waals surface area contributed by atoms with Gasteiger partial charge in [0.25, 0.3) is 0 Å². The van der Waals surface area contributed by atoms with Gasteiger partial charge in [-0.2, -0.15) is 20.8 Å². The summed E-state index contributed by atoms with van der Waals surface area (Å²) in [5.41, 5.74) is -0.744. The quantitative estimate of drug-likeness (QED) is 0.786. The molecule has 22 heavy (non-hydrogen) atoms. The molecular weight excluding hydrogens is 272 g/mol. The highest BCUT2D eigenvalue weighted by atomic mass is 15.2. The second-order valence-electron chi connectivity index (χ2n) is 5.30. The Morgan fingerprint density at radius 3 is 1.27 bits per heavy atom. The van der Waals surface area contributed by atoms with Crippen molar-refractivity contribution in [2.45, 2.75) is 24.9 Å². The molecule has 0 saturated heterocycles. The van der Waals surface area contributed by atoms with Crippen LogP contribution in [0.1, 0.15) is 25.0 Å². The van der Waals surface area contributed by atoms with Gasteiger partial charge in [-0.15, -0.1) is 0 Å². The zero-order valence-electron chi connectivity index (χ0n) is 12.6. The highest BCUT2D eigenvalue weighted by Crippen LogP contribution is 2.30. The minimum atomic E-state index is -1.12. The Balaban J connectivity index is 2.41. The van der Waals surface area contributed by atoms with Gasteiger partial charge in [0.15, 0.2) is 11.1 Å². The first-order chi connectivity index (χ1) is 10.5. The standard InChI is InChI=1S/C18H16N4/c1-17(13-19,15-9-5-3-6-10-15)21-22-18(2,14-20)16-11-7-4-8-12-16/h3-12H,1-2H3/b22-21+. The van der Waals surface area contributed by atoms with Crippen LogP contribution in [0.15, 0.2) is 70.9 Å². The van der Waals surface area contributed by atoms with Crippen LogP contribution in [-0.2, 0) is 11.1 Å². The van der Waals surface area contributed by atoms with E-state index in [4.69, 9.17) is 0 Å². The lowest BCUT2D eigenvalue weighted by Gasteiger charge is -2.20. The molecule has 2 aromatic carbocycles. The van der Waals surface area contributed by atoms with E-state index in [2.05, 4.69) is 22.4 Å². The number of benzene rings is 2. The molecule has 0 aliphatic heterocycles. The highest BCUT2D eigenvalue weighted by Gasteiger charge is 2.30. The summed E-state index contributed by atoms with van der Waals surface area (Å²) in [7, 11) is 0. The van der Waals surface area contributed by atoms with Gasteiger partial charge >= 0.3 is 0 Å². The molecule has 2 rings (SSSR count). The predicted octanol–water partition coefficient (Wildman–Crippen LogP) is 4.32. The zero-order valence-corrected chi connectivity index (χ0v) is 12.6. The number of hydrogen-bond acceptors (Lipinski definition) is 4. The van der Waals surface area contributed by atoms with Gasteiger partial charge in [-0.1, -0.05) is 60.7 Å². The van der Waals surface area contributed by atoms with E-state index in [1.807, 2.05) is 60.7 Å². The molecule has 0 spiro atoms. The van der Waals surface area contributed by atoms with Crippen molar-refractivity contribution < 1.29 is 0 Å². The Labute approximate surface area is 130 Å². The van der Waals surface area contributed by atoms with E-state index in [0.717, 1.165) is 11.1 Å². The van der Waals surface area contributed by atoms with Crippen LogP contribution in [0.25, 0.3) is 0 Å². The van der Waals surface area contributed by atoms with Crippen LogP contribution in [0.5, 0.6) is 0 Å². The largest absolute Gasteiger partial charge is 0.195 e. The van der Waals surface area contributed by atoms with Crippen LogP contribution in [0.4, 0.5) is 0 Å². The maximum absolute atomic E-state index is 9.49. The fourth-order valence-corrected chi connectivity index (χ4v) is 2.01. The Kier molecular flexibility index (Phi) is 4.34. The minimum absolute atomic E-state index is 0.745. The third-order valence-electron chi connectivity index (χ3n) is 3.56. The Morgan fingerprint density at radius 1 is 0.682 bits per heavy atom. The molecule has 4 nitrogen and oxygen atoms in total. The van der Waals surface area contributed by atoms with Crippen LogP contribution >= 0.6 is 0 Å². The second-order valence-corrected chi connectivity index (χ2v) is 5.30. The van der Waals surface area contributed by atoms with E-state index < -0.39 is 11.1 Å². The first-order valence-corrected chi connectivity index (χ1v) is 6.92. The van der Waals surface area contributed by atoms with Crippen molar-refractivity contribution in [2.75, 3.05) is 0 Å². The summed E-state index contributed by atoms with van der Waals surface area (Å²) in [5, 5.41) is 27.4. The van der Waals surface area contributed by atoms with Gasteiger partial charge in [0, 0.05) is 0 Å². The second kappa shape index (κ2) is 6.20. The van der Waals surface area contributed by atoms with Gasteiger partial charge < -0.3 is 0 Å². The molecule has 0 radical (unpaired) electrons. The van der Waals surface area contributed by atoms with E-state index in [9.17, 15) is 10.5 Å². The molecule has 0 N–H and O–H groups in total. The predicted molar refractivity (Wildman–Crippen MR) is 83.7 cm³/mol. The van der Waals surface area contributed by atoms with Crippen LogP contribution in [0.2, 0.25) is 0 Å². The lowest BCUT2D eigenvalue weighted by atomic mass is 9.93. The lowest BCUT2D eigenvalue weighted by molar-refractivity contribution is 0.517.